The number of rotatable bonds is 4. The van der Waals surface area contributed by atoms with Crippen LogP contribution in [0.4, 0.5) is 0 Å². The van der Waals surface area contributed by atoms with Gasteiger partial charge < -0.3 is 9.09 Å². The van der Waals surface area contributed by atoms with Crippen LogP contribution in [0.1, 0.15) is 43.7 Å². The monoisotopic (exact) mass is 284 g/mol. The molecule has 0 aliphatic carbocycles. The summed E-state index contributed by atoms with van der Waals surface area (Å²) in [4.78, 5) is 7.98. The van der Waals surface area contributed by atoms with Crippen LogP contribution in [-0.4, -0.2) is 28.1 Å². The molecule has 1 atom stereocenters. The smallest absolute Gasteiger partial charge is 0.245 e. The predicted octanol–water partition coefficient (Wildman–Crippen LogP) is 1.46. The van der Waals surface area contributed by atoms with Gasteiger partial charge in [0.2, 0.25) is 20.9 Å². The lowest BCUT2D eigenvalue weighted by Gasteiger charge is -2.08. The molecule has 19 heavy (non-hydrogen) atoms. The van der Waals surface area contributed by atoms with Gasteiger partial charge in [0, 0.05) is 25.4 Å². The van der Waals surface area contributed by atoms with Crippen molar-refractivity contribution in [3.8, 4) is 0 Å². The predicted molar refractivity (Wildman–Crippen MR) is 67.2 cm³/mol. The quantitative estimate of drug-likeness (QED) is 0.844. The summed E-state index contributed by atoms with van der Waals surface area (Å²) in [5.41, 5.74) is 0. The minimum atomic E-state index is -3.64. The highest BCUT2D eigenvalue weighted by Crippen LogP contribution is 2.26. The first-order valence-electron chi connectivity index (χ1n) is 5.88. The third-order valence-corrected chi connectivity index (χ3v) is 4.85. The molecule has 0 amide bonds. The summed E-state index contributed by atoms with van der Waals surface area (Å²) in [7, 11) is -2.01. The number of sulfone groups is 1. The molecule has 0 saturated carbocycles. The van der Waals surface area contributed by atoms with Gasteiger partial charge in [0.1, 0.15) is 5.25 Å². The molecule has 0 aliphatic heterocycles. The zero-order valence-corrected chi connectivity index (χ0v) is 12.0. The molecule has 0 spiro atoms. The Labute approximate surface area is 111 Å². The van der Waals surface area contributed by atoms with E-state index in [1.165, 1.54) is 17.7 Å². The fourth-order valence-electron chi connectivity index (χ4n) is 1.56. The zero-order chi connectivity index (χ0) is 14.2. The van der Waals surface area contributed by atoms with Crippen molar-refractivity contribution in [3.05, 3.63) is 24.1 Å². The molecule has 0 radical (unpaired) electrons. The third-order valence-electron chi connectivity index (χ3n) is 2.82. The first-order chi connectivity index (χ1) is 8.84. The summed E-state index contributed by atoms with van der Waals surface area (Å²) >= 11 is 0. The van der Waals surface area contributed by atoms with Crippen molar-refractivity contribution >= 4 is 9.84 Å². The van der Waals surface area contributed by atoms with Crippen molar-refractivity contribution in [2.45, 2.75) is 37.1 Å². The number of imidazole rings is 1. The van der Waals surface area contributed by atoms with Crippen LogP contribution in [0.5, 0.6) is 0 Å². The summed E-state index contributed by atoms with van der Waals surface area (Å²) in [5, 5.41) is 2.84. The van der Waals surface area contributed by atoms with Crippen molar-refractivity contribution < 1.29 is 12.9 Å². The van der Waals surface area contributed by atoms with Gasteiger partial charge in [0.15, 0.2) is 5.82 Å². The second-order valence-corrected chi connectivity index (χ2v) is 6.82. The van der Waals surface area contributed by atoms with Crippen LogP contribution in [-0.2, 0) is 16.9 Å². The number of aryl methyl sites for hydroxylation is 1. The Morgan fingerprint density at radius 3 is 2.47 bits per heavy atom. The number of hydrogen-bond acceptors (Lipinski definition) is 6. The van der Waals surface area contributed by atoms with Crippen LogP contribution < -0.4 is 0 Å². The molecule has 104 valence electrons. The van der Waals surface area contributed by atoms with E-state index in [0.717, 1.165) is 0 Å². The van der Waals surface area contributed by atoms with Crippen molar-refractivity contribution in [1.82, 2.24) is 19.7 Å². The molecule has 7 nitrogen and oxygen atoms in total. The largest absolute Gasteiger partial charge is 0.338 e. The molecule has 0 fully saturated rings. The molecule has 0 aromatic carbocycles. The van der Waals surface area contributed by atoms with Crippen molar-refractivity contribution in [2.24, 2.45) is 7.05 Å². The average Bonchev–Trinajstić information content (AvgIpc) is 2.96. The SMILES string of the molecule is CC(C)c1noc(C(C)S(=O)(=O)c2nccn2C)n1. The number of nitrogens with zero attached hydrogens (tertiary/aromatic N) is 4. The first kappa shape index (κ1) is 13.7. The van der Waals surface area contributed by atoms with Gasteiger partial charge in [0.05, 0.1) is 0 Å². The zero-order valence-electron chi connectivity index (χ0n) is 11.2. The minimum Gasteiger partial charge on any atom is -0.338 e. The summed E-state index contributed by atoms with van der Waals surface area (Å²) in [6, 6.07) is 0. The second kappa shape index (κ2) is 4.76. The Balaban J connectivity index is 2.38. The van der Waals surface area contributed by atoms with E-state index in [9.17, 15) is 8.42 Å². The van der Waals surface area contributed by atoms with E-state index in [1.54, 1.807) is 13.2 Å². The van der Waals surface area contributed by atoms with E-state index in [2.05, 4.69) is 15.1 Å². The van der Waals surface area contributed by atoms with E-state index in [4.69, 9.17) is 4.52 Å². The van der Waals surface area contributed by atoms with Crippen LogP contribution >= 0.6 is 0 Å². The summed E-state index contributed by atoms with van der Waals surface area (Å²) in [5.74, 6) is 0.671. The topological polar surface area (TPSA) is 90.9 Å². The highest BCUT2D eigenvalue weighted by Gasteiger charge is 2.33. The molecule has 2 aromatic rings. The fourth-order valence-corrected chi connectivity index (χ4v) is 2.91. The Morgan fingerprint density at radius 1 is 1.32 bits per heavy atom. The molecular weight excluding hydrogens is 268 g/mol. The molecular formula is C11H16N4O3S. The van der Waals surface area contributed by atoms with Gasteiger partial charge in [-0.1, -0.05) is 19.0 Å². The fraction of sp³-hybridized carbons (Fsp3) is 0.545. The molecule has 0 aliphatic rings. The summed E-state index contributed by atoms with van der Waals surface area (Å²) in [6.45, 7) is 5.33. The maximum Gasteiger partial charge on any atom is 0.245 e. The van der Waals surface area contributed by atoms with Crippen LogP contribution in [0, 0.1) is 0 Å². The molecule has 0 bridgehead atoms. The highest BCUT2D eigenvalue weighted by molar-refractivity contribution is 7.91. The molecule has 2 aromatic heterocycles. The molecule has 1 unspecified atom stereocenters. The van der Waals surface area contributed by atoms with E-state index in [0.29, 0.717) is 5.82 Å². The Morgan fingerprint density at radius 2 is 2.00 bits per heavy atom. The minimum absolute atomic E-state index is 0.00991. The average molecular weight is 284 g/mol. The van der Waals surface area contributed by atoms with Gasteiger partial charge in [-0.15, -0.1) is 0 Å². The third kappa shape index (κ3) is 2.40. The lowest BCUT2D eigenvalue weighted by atomic mass is 10.2. The summed E-state index contributed by atoms with van der Waals surface area (Å²) in [6.07, 6.45) is 3.01. The van der Waals surface area contributed by atoms with Crippen LogP contribution in [0.25, 0.3) is 0 Å². The Kier molecular flexibility index (Phi) is 3.44. The maximum absolute atomic E-state index is 12.4. The van der Waals surface area contributed by atoms with E-state index < -0.39 is 15.1 Å². The van der Waals surface area contributed by atoms with Crippen LogP contribution in [0.2, 0.25) is 0 Å². The van der Waals surface area contributed by atoms with Crippen molar-refractivity contribution in [3.63, 3.8) is 0 Å². The molecule has 2 heterocycles. The van der Waals surface area contributed by atoms with E-state index >= 15 is 0 Å². The van der Waals surface area contributed by atoms with Crippen molar-refractivity contribution in [2.75, 3.05) is 0 Å². The van der Waals surface area contributed by atoms with E-state index in [-0.39, 0.29) is 17.0 Å². The van der Waals surface area contributed by atoms with Gasteiger partial charge in [-0.3, -0.25) is 0 Å². The summed E-state index contributed by atoms with van der Waals surface area (Å²) < 4.78 is 31.2. The molecule has 8 heteroatoms. The highest BCUT2D eigenvalue weighted by atomic mass is 32.2. The van der Waals surface area contributed by atoms with Crippen molar-refractivity contribution in [1.29, 1.82) is 0 Å². The molecule has 0 saturated heterocycles. The van der Waals surface area contributed by atoms with Crippen LogP contribution in [0.3, 0.4) is 0 Å². The standard InChI is InChI=1S/C11H16N4O3S/c1-7(2)9-13-10(18-14-9)8(3)19(16,17)11-12-5-6-15(11)4/h5-8H,1-4H3. The van der Waals surface area contributed by atoms with Gasteiger partial charge in [0.25, 0.3) is 0 Å². The lowest BCUT2D eigenvalue weighted by molar-refractivity contribution is 0.369. The van der Waals surface area contributed by atoms with E-state index in [1.807, 2.05) is 13.8 Å². The Hall–Kier alpha value is -1.70. The second-order valence-electron chi connectivity index (χ2n) is 4.65. The van der Waals surface area contributed by atoms with Gasteiger partial charge in [-0.25, -0.2) is 13.4 Å². The molecule has 0 N–H and O–H groups in total. The molecule has 2 rings (SSSR count). The number of aromatic nitrogens is 4. The van der Waals surface area contributed by atoms with Crippen LogP contribution in [0.15, 0.2) is 22.1 Å². The van der Waals surface area contributed by atoms with Gasteiger partial charge >= 0.3 is 0 Å². The number of hydrogen-bond donors (Lipinski definition) is 0. The van der Waals surface area contributed by atoms with Gasteiger partial charge in [-0.05, 0) is 6.92 Å². The van der Waals surface area contributed by atoms with Gasteiger partial charge in [-0.2, -0.15) is 4.98 Å². The normalized spacial score (nSPS) is 13.9. The lowest BCUT2D eigenvalue weighted by Crippen LogP contribution is -2.15. The first-order valence-corrected chi connectivity index (χ1v) is 7.43. The maximum atomic E-state index is 12.4. The Bertz CT molecular complexity index is 672.